The van der Waals surface area contributed by atoms with Gasteiger partial charge in [-0.05, 0) is 41.8 Å². The minimum absolute atomic E-state index is 0.180. The summed E-state index contributed by atoms with van der Waals surface area (Å²) in [6, 6.07) is 20.4. The zero-order valence-corrected chi connectivity index (χ0v) is 24.7. The van der Waals surface area contributed by atoms with Gasteiger partial charge in [0.1, 0.15) is 17.8 Å². The molecule has 1 unspecified atom stereocenters. The number of nitrogens with one attached hydrogen (secondary N) is 2. The first-order valence-electron chi connectivity index (χ1n) is 14.4. The van der Waals surface area contributed by atoms with Gasteiger partial charge in [0.15, 0.2) is 0 Å². The van der Waals surface area contributed by atoms with Gasteiger partial charge in [0.05, 0.1) is 5.56 Å². The van der Waals surface area contributed by atoms with Gasteiger partial charge < -0.3 is 16.4 Å². The average Bonchev–Trinajstić information content (AvgIpc) is 3.00. The fourth-order valence-corrected chi connectivity index (χ4v) is 5.03. The lowest BCUT2D eigenvalue weighted by Crippen LogP contribution is -2.50. The minimum Gasteiger partial charge on any atom is -0.399 e. The molecule has 42 heavy (non-hydrogen) atoms. The molecule has 0 fully saturated rings. The van der Waals surface area contributed by atoms with Crippen LogP contribution in [-0.4, -0.2) is 30.9 Å². The van der Waals surface area contributed by atoms with E-state index in [4.69, 9.17) is 5.73 Å². The first-order valence-corrected chi connectivity index (χ1v) is 14.4. The number of hydrogen-bond donors (Lipinski definition) is 3. The summed E-state index contributed by atoms with van der Waals surface area (Å²) in [5.41, 5.74) is 9.98. The number of anilines is 1. The predicted molar refractivity (Wildman–Crippen MR) is 163 cm³/mol. The summed E-state index contributed by atoms with van der Waals surface area (Å²) in [4.78, 5) is 6.67. The average molecular weight is 584 g/mol. The van der Waals surface area contributed by atoms with E-state index in [1.54, 1.807) is 19.2 Å². The Labute approximate surface area is 246 Å². The second-order valence-corrected chi connectivity index (χ2v) is 9.88. The minimum atomic E-state index is -4.41. The molecule has 226 valence electrons. The monoisotopic (exact) mass is 583 g/mol. The van der Waals surface area contributed by atoms with Crippen LogP contribution >= 0.6 is 0 Å². The lowest BCUT2D eigenvalue weighted by Gasteiger charge is -2.39. The summed E-state index contributed by atoms with van der Waals surface area (Å²) in [7, 11) is 1.67. The molecule has 0 saturated heterocycles. The Hall–Kier alpha value is -3.85. The molecule has 0 aliphatic carbocycles. The van der Waals surface area contributed by atoms with E-state index < -0.39 is 17.9 Å². The molecule has 2 aliphatic heterocycles. The summed E-state index contributed by atoms with van der Waals surface area (Å²) in [5.74, 6) is 0.445. The van der Waals surface area contributed by atoms with Gasteiger partial charge in [-0.1, -0.05) is 75.7 Å². The number of benzene rings is 3. The maximum absolute atomic E-state index is 13.5. The van der Waals surface area contributed by atoms with Gasteiger partial charge in [-0.15, -0.1) is 0 Å². The van der Waals surface area contributed by atoms with Gasteiger partial charge in [-0.3, -0.25) is 9.89 Å². The highest BCUT2D eigenvalue weighted by atomic mass is 19.4. The van der Waals surface area contributed by atoms with Crippen LogP contribution in [0.15, 0.2) is 89.1 Å². The molecular formula is C33H41F4N5. The number of nitrogens with two attached hydrogens (primary N) is 1. The summed E-state index contributed by atoms with van der Waals surface area (Å²) in [6.45, 7) is 8.41. The number of hydrogen-bond acceptors (Lipinski definition) is 4. The van der Waals surface area contributed by atoms with Crippen molar-refractivity contribution in [2.75, 3.05) is 25.9 Å². The highest BCUT2D eigenvalue weighted by Crippen LogP contribution is 2.35. The molecule has 2 aliphatic rings. The number of amidine groups is 1. The molecular weight excluding hydrogens is 542 g/mol. The van der Waals surface area contributed by atoms with Crippen LogP contribution in [0.25, 0.3) is 0 Å². The van der Waals surface area contributed by atoms with Gasteiger partial charge in [-0.2, -0.15) is 13.2 Å². The van der Waals surface area contributed by atoms with Crippen molar-refractivity contribution in [2.45, 2.75) is 58.9 Å². The standard InChI is InChI=1S/C22H23F3N4.C9H12FN.C2H6/c1-26-20-17-14-29(13-15-7-3-2-4-8-15)12-11-19(17)27-21(28-20)16-9-5-6-10-18(16)22(23,24)25;1-2-3-7-6-8(10)4-5-9(7)11;1-2/h2-10,21,27H,11-14H2,1H3,(H,26,28);4-6H,2-3,11H2,1H3;1-2H3. The van der Waals surface area contributed by atoms with E-state index in [0.717, 1.165) is 55.3 Å². The second kappa shape index (κ2) is 15.4. The lowest BCUT2D eigenvalue weighted by atomic mass is 9.97. The van der Waals surface area contributed by atoms with Crippen LogP contribution in [-0.2, 0) is 19.1 Å². The van der Waals surface area contributed by atoms with Crippen LogP contribution in [0.2, 0.25) is 0 Å². The molecule has 5 rings (SSSR count). The van der Waals surface area contributed by atoms with Gasteiger partial charge in [-0.25, -0.2) is 4.39 Å². The number of aliphatic imine (C=N–C) groups is 1. The molecule has 3 aromatic carbocycles. The molecule has 0 aromatic heterocycles. The van der Waals surface area contributed by atoms with Crippen LogP contribution in [0.4, 0.5) is 23.2 Å². The van der Waals surface area contributed by atoms with Crippen LogP contribution in [0.3, 0.4) is 0 Å². The summed E-state index contributed by atoms with van der Waals surface area (Å²) >= 11 is 0. The molecule has 3 aromatic rings. The van der Waals surface area contributed by atoms with E-state index in [-0.39, 0.29) is 11.4 Å². The van der Waals surface area contributed by atoms with E-state index >= 15 is 0 Å². The van der Waals surface area contributed by atoms with Crippen molar-refractivity contribution in [1.29, 1.82) is 0 Å². The molecule has 0 bridgehead atoms. The van der Waals surface area contributed by atoms with Crippen LogP contribution in [0.1, 0.15) is 62.0 Å². The maximum Gasteiger partial charge on any atom is 0.416 e. The molecule has 0 radical (unpaired) electrons. The van der Waals surface area contributed by atoms with Crippen LogP contribution in [0.5, 0.6) is 0 Å². The smallest absolute Gasteiger partial charge is 0.399 e. The molecule has 0 saturated carbocycles. The number of rotatable bonds is 5. The fraction of sp³-hybridized carbons (Fsp3) is 0.364. The number of halogens is 4. The van der Waals surface area contributed by atoms with Crippen molar-refractivity contribution in [3.8, 4) is 0 Å². The molecule has 2 heterocycles. The van der Waals surface area contributed by atoms with Crippen molar-refractivity contribution in [1.82, 2.24) is 15.5 Å². The number of alkyl halides is 3. The van der Waals surface area contributed by atoms with Gasteiger partial charge >= 0.3 is 6.18 Å². The second-order valence-electron chi connectivity index (χ2n) is 9.88. The normalized spacial score (nSPS) is 17.6. The summed E-state index contributed by atoms with van der Waals surface area (Å²) < 4.78 is 53.0. The zero-order valence-electron chi connectivity index (χ0n) is 24.7. The van der Waals surface area contributed by atoms with E-state index in [2.05, 4.69) is 32.7 Å². The quantitative estimate of drug-likeness (QED) is 0.215. The zero-order chi connectivity index (χ0) is 30.7. The third kappa shape index (κ3) is 8.58. The Morgan fingerprint density at radius 3 is 2.33 bits per heavy atom. The molecule has 0 spiro atoms. The maximum atomic E-state index is 13.5. The van der Waals surface area contributed by atoms with E-state index in [1.807, 2.05) is 39.0 Å². The molecule has 4 N–H and O–H groups in total. The van der Waals surface area contributed by atoms with Crippen LogP contribution in [0, 0.1) is 5.82 Å². The Kier molecular flexibility index (Phi) is 12.0. The lowest BCUT2D eigenvalue weighted by molar-refractivity contribution is -0.138. The number of nitrogen functional groups attached to an aromatic ring is 1. The Bertz CT molecular complexity index is 1350. The first kappa shape index (κ1) is 32.7. The molecule has 9 heteroatoms. The van der Waals surface area contributed by atoms with Gasteiger partial charge in [0.2, 0.25) is 0 Å². The van der Waals surface area contributed by atoms with E-state index in [9.17, 15) is 17.6 Å². The molecule has 1 atom stereocenters. The van der Waals surface area contributed by atoms with E-state index in [0.29, 0.717) is 18.1 Å². The Morgan fingerprint density at radius 2 is 1.67 bits per heavy atom. The Morgan fingerprint density at radius 1 is 0.976 bits per heavy atom. The van der Waals surface area contributed by atoms with E-state index in [1.165, 1.54) is 29.8 Å². The van der Waals surface area contributed by atoms with Crippen molar-refractivity contribution in [3.05, 3.63) is 112 Å². The Balaban J connectivity index is 0.000000313. The van der Waals surface area contributed by atoms with Crippen molar-refractivity contribution in [2.24, 2.45) is 4.99 Å². The number of aryl methyl sites for hydroxylation is 1. The largest absolute Gasteiger partial charge is 0.416 e. The highest BCUT2D eigenvalue weighted by molar-refractivity contribution is 6.00. The SMILES string of the molecule is CC.CCCc1cc(F)ccc1N.CN=C1NC(c2ccccc2C(F)(F)F)NC2=C1CN(Cc1ccccc1)CC2. The fourth-order valence-electron chi connectivity index (χ4n) is 5.03. The van der Waals surface area contributed by atoms with Gasteiger partial charge in [0.25, 0.3) is 0 Å². The molecule has 5 nitrogen and oxygen atoms in total. The van der Waals surface area contributed by atoms with Crippen molar-refractivity contribution in [3.63, 3.8) is 0 Å². The van der Waals surface area contributed by atoms with Crippen molar-refractivity contribution >= 4 is 11.5 Å². The summed E-state index contributed by atoms with van der Waals surface area (Å²) in [5, 5.41) is 6.46. The van der Waals surface area contributed by atoms with Crippen LogP contribution < -0.4 is 16.4 Å². The number of nitrogens with zero attached hydrogens (tertiary/aromatic N) is 2. The highest BCUT2D eigenvalue weighted by Gasteiger charge is 2.37. The third-order valence-corrected chi connectivity index (χ3v) is 6.98. The predicted octanol–water partition coefficient (Wildman–Crippen LogP) is 7.47. The molecule has 0 amide bonds. The topological polar surface area (TPSA) is 65.7 Å². The first-order chi connectivity index (χ1) is 20.2. The summed E-state index contributed by atoms with van der Waals surface area (Å²) in [6.07, 6.45) is -2.48. The van der Waals surface area contributed by atoms with Gasteiger partial charge in [0, 0.05) is 55.6 Å². The van der Waals surface area contributed by atoms with Crippen molar-refractivity contribution < 1.29 is 17.6 Å². The third-order valence-electron chi connectivity index (χ3n) is 6.98.